The van der Waals surface area contributed by atoms with E-state index in [0.29, 0.717) is 12.1 Å². The van der Waals surface area contributed by atoms with Crippen molar-refractivity contribution in [2.75, 3.05) is 20.2 Å². The zero-order valence-corrected chi connectivity index (χ0v) is 14.4. The highest BCUT2D eigenvalue weighted by Crippen LogP contribution is 2.39. The minimum atomic E-state index is -0.852. The van der Waals surface area contributed by atoms with E-state index in [1.165, 1.54) is 6.07 Å². The van der Waals surface area contributed by atoms with Crippen molar-refractivity contribution in [3.8, 4) is 5.88 Å². The van der Waals surface area contributed by atoms with Crippen LogP contribution in [0.2, 0.25) is 0 Å². The predicted octanol–water partition coefficient (Wildman–Crippen LogP) is 2.75. The molecule has 2 aromatic rings. The summed E-state index contributed by atoms with van der Waals surface area (Å²) in [6, 6.07) is 6.54. The zero-order valence-electron chi connectivity index (χ0n) is 14.4. The summed E-state index contributed by atoms with van der Waals surface area (Å²) in [5.41, 5.74) is 2.35. The van der Waals surface area contributed by atoms with Crippen molar-refractivity contribution in [3.63, 3.8) is 0 Å². The summed E-state index contributed by atoms with van der Waals surface area (Å²) < 4.78 is 21.2. The second kappa shape index (κ2) is 6.91. The third kappa shape index (κ3) is 3.03. The van der Waals surface area contributed by atoms with Gasteiger partial charge >= 0.3 is 0 Å². The van der Waals surface area contributed by atoms with E-state index in [0.717, 1.165) is 36.5 Å². The molecular formula is C18H24FN3O2. The Bertz CT molecular complexity index is 716. The molecule has 0 bridgehead atoms. The van der Waals surface area contributed by atoms with Crippen LogP contribution in [0, 0.1) is 12.7 Å². The topological polar surface area (TPSA) is 50.5 Å². The monoisotopic (exact) mass is 333 g/mol. The Morgan fingerprint density at radius 2 is 2.17 bits per heavy atom. The van der Waals surface area contributed by atoms with Crippen molar-refractivity contribution < 1.29 is 14.2 Å². The second-order valence-corrected chi connectivity index (χ2v) is 6.32. The van der Waals surface area contributed by atoms with Gasteiger partial charge in [-0.3, -0.25) is 4.90 Å². The standard InChI is InChI=1S/C18H24FN3O2/c1-12-17(18(24-3)21(2)20-12)15-9-6-10-22(15)11-16(23)13-7-4-5-8-14(13)19/h4-5,7-8,15-16,23H,6,9-11H2,1-3H3/t15-,16+/m1/s1. The second-order valence-electron chi connectivity index (χ2n) is 6.32. The highest BCUT2D eigenvalue weighted by atomic mass is 19.1. The van der Waals surface area contributed by atoms with E-state index >= 15 is 0 Å². The van der Waals surface area contributed by atoms with Crippen molar-refractivity contribution in [2.45, 2.75) is 31.9 Å². The molecule has 6 heteroatoms. The molecule has 0 unspecified atom stereocenters. The number of halogens is 1. The lowest BCUT2D eigenvalue weighted by Gasteiger charge is -2.27. The Kier molecular flexibility index (Phi) is 4.87. The van der Waals surface area contributed by atoms with Crippen LogP contribution in [-0.2, 0) is 7.05 Å². The number of methoxy groups -OCH3 is 1. The van der Waals surface area contributed by atoms with Gasteiger partial charge in [0.15, 0.2) is 0 Å². The average Bonchev–Trinajstić information content (AvgIpc) is 3.10. The van der Waals surface area contributed by atoms with Gasteiger partial charge < -0.3 is 9.84 Å². The normalized spacial score (nSPS) is 19.6. The number of benzene rings is 1. The van der Waals surface area contributed by atoms with Crippen LogP contribution in [0.5, 0.6) is 5.88 Å². The van der Waals surface area contributed by atoms with Crippen molar-refractivity contribution in [1.29, 1.82) is 0 Å². The summed E-state index contributed by atoms with van der Waals surface area (Å²) in [7, 11) is 3.51. The molecule has 0 amide bonds. The third-order valence-electron chi connectivity index (χ3n) is 4.78. The number of β-amino-alcohol motifs (C(OH)–C–C–N with tert-alkyl or cyclic N) is 1. The first-order valence-electron chi connectivity index (χ1n) is 8.27. The maximum absolute atomic E-state index is 13.9. The SMILES string of the molecule is COc1c([C@H]2CCCN2C[C@H](O)c2ccccc2F)c(C)nn1C. The Morgan fingerprint density at radius 3 is 2.88 bits per heavy atom. The molecule has 0 aliphatic carbocycles. The van der Waals surface area contributed by atoms with E-state index in [1.807, 2.05) is 14.0 Å². The Balaban J connectivity index is 1.83. The van der Waals surface area contributed by atoms with Gasteiger partial charge in [-0.25, -0.2) is 9.07 Å². The first kappa shape index (κ1) is 16.9. The molecule has 3 rings (SSSR count). The summed E-state index contributed by atoms with van der Waals surface area (Å²) in [6.45, 7) is 3.23. The maximum Gasteiger partial charge on any atom is 0.216 e. The van der Waals surface area contributed by atoms with Crippen molar-refractivity contribution in [1.82, 2.24) is 14.7 Å². The highest BCUT2D eigenvalue weighted by molar-refractivity contribution is 5.35. The van der Waals surface area contributed by atoms with E-state index in [-0.39, 0.29) is 11.9 Å². The molecule has 0 saturated carbocycles. The number of aliphatic hydroxyl groups excluding tert-OH is 1. The van der Waals surface area contributed by atoms with E-state index in [9.17, 15) is 9.50 Å². The van der Waals surface area contributed by atoms with E-state index in [4.69, 9.17) is 4.74 Å². The van der Waals surface area contributed by atoms with E-state index < -0.39 is 6.10 Å². The van der Waals surface area contributed by atoms with Gasteiger partial charge in [-0.2, -0.15) is 5.10 Å². The van der Waals surface area contributed by atoms with Crippen LogP contribution in [0.4, 0.5) is 4.39 Å². The molecule has 1 aromatic carbocycles. The van der Waals surface area contributed by atoms with E-state index in [1.54, 1.807) is 30.0 Å². The molecule has 1 fully saturated rings. The summed E-state index contributed by atoms with van der Waals surface area (Å²) >= 11 is 0. The molecule has 1 aliphatic rings. The Hall–Kier alpha value is -1.92. The first-order valence-corrected chi connectivity index (χ1v) is 8.27. The third-order valence-corrected chi connectivity index (χ3v) is 4.78. The predicted molar refractivity (Wildman–Crippen MR) is 89.4 cm³/mol. The molecule has 5 nitrogen and oxygen atoms in total. The van der Waals surface area contributed by atoms with Crippen LogP contribution < -0.4 is 4.74 Å². The molecule has 0 radical (unpaired) electrons. The number of hydrogen-bond donors (Lipinski definition) is 1. The lowest BCUT2D eigenvalue weighted by Crippen LogP contribution is -2.29. The van der Waals surface area contributed by atoms with Gasteiger partial charge in [-0.1, -0.05) is 18.2 Å². The highest BCUT2D eigenvalue weighted by Gasteiger charge is 2.33. The fourth-order valence-electron chi connectivity index (χ4n) is 3.72. The Labute approximate surface area is 141 Å². The van der Waals surface area contributed by atoms with E-state index in [2.05, 4.69) is 10.00 Å². The number of hydrogen-bond acceptors (Lipinski definition) is 4. The lowest BCUT2D eigenvalue weighted by molar-refractivity contribution is 0.102. The van der Waals surface area contributed by atoms with Crippen LogP contribution in [0.3, 0.4) is 0 Å². The van der Waals surface area contributed by atoms with Crippen molar-refractivity contribution in [3.05, 3.63) is 46.9 Å². The summed E-state index contributed by atoms with van der Waals surface area (Å²) in [5, 5.41) is 14.9. The lowest BCUT2D eigenvalue weighted by atomic mass is 10.0. The van der Waals surface area contributed by atoms with Gasteiger partial charge in [0.1, 0.15) is 5.82 Å². The van der Waals surface area contributed by atoms with Gasteiger partial charge in [0.2, 0.25) is 5.88 Å². The minimum Gasteiger partial charge on any atom is -0.481 e. The number of aliphatic hydroxyl groups is 1. The number of rotatable bonds is 5. The molecule has 1 saturated heterocycles. The number of nitrogens with zero attached hydrogens (tertiary/aromatic N) is 3. The maximum atomic E-state index is 13.9. The molecule has 1 aliphatic heterocycles. The molecule has 1 aromatic heterocycles. The van der Waals surface area contributed by atoms with Gasteiger partial charge in [0.25, 0.3) is 0 Å². The minimum absolute atomic E-state index is 0.134. The van der Waals surface area contributed by atoms with Crippen LogP contribution in [-0.4, -0.2) is 40.0 Å². The summed E-state index contributed by atoms with van der Waals surface area (Å²) in [5.74, 6) is 0.390. The van der Waals surface area contributed by atoms with Crippen molar-refractivity contribution >= 4 is 0 Å². The number of aryl methyl sites for hydroxylation is 2. The van der Waals surface area contributed by atoms with Crippen LogP contribution in [0.1, 0.15) is 41.8 Å². The first-order chi connectivity index (χ1) is 11.5. The van der Waals surface area contributed by atoms with Gasteiger partial charge in [0, 0.05) is 25.2 Å². The van der Waals surface area contributed by atoms with Gasteiger partial charge in [0.05, 0.1) is 24.5 Å². The fourth-order valence-corrected chi connectivity index (χ4v) is 3.72. The Morgan fingerprint density at radius 1 is 1.42 bits per heavy atom. The van der Waals surface area contributed by atoms with Crippen LogP contribution >= 0.6 is 0 Å². The largest absolute Gasteiger partial charge is 0.481 e. The van der Waals surface area contributed by atoms with Gasteiger partial charge in [-0.15, -0.1) is 0 Å². The molecule has 130 valence electrons. The van der Waals surface area contributed by atoms with Crippen LogP contribution in [0.25, 0.3) is 0 Å². The van der Waals surface area contributed by atoms with Gasteiger partial charge in [-0.05, 0) is 32.4 Å². The summed E-state index contributed by atoms with van der Waals surface area (Å²) in [4.78, 5) is 2.20. The number of aromatic nitrogens is 2. The molecule has 24 heavy (non-hydrogen) atoms. The molecule has 2 heterocycles. The molecule has 2 atom stereocenters. The number of ether oxygens (including phenoxy) is 1. The molecular weight excluding hydrogens is 309 g/mol. The quantitative estimate of drug-likeness (QED) is 0.914. The zero-order chi connectivity index (χ0) is 17.3. The number of likely N-dealkylation sites (tertiary alicyclic amines) is 1. The molecule has 0 spiro atoms. The molecule has 1 N–H and O–H groups in total. The fraction of sp³-hybridized carbons (Fsp3) is 0.500. The van der Waals surface area contributed by atoms with Crippen LogP contribution in [0.15, 0.2) is 24.3 Å². The summed E-state index contributed by atoms with van der Waals surface area (Å²) in [6.07, 6.45) is 1.16. The smallest absolute Gasteiger partial charge is 0.216 e. The average molecular weight is 333 g/mol. The van der Waals surface area contributed by atoms with Crippen molar-refractivity contribution in [2.24, 2.45) is 7.05 Å².